The first kappa shape index (κ1) is 15.4. The molecule has 1 aromatic rings. The molecular formula is C14H21FN2O2. The molecule has 0 radical (unpaired) electrons. The van der Waals surface area contributed by atoms with Gasteiger partial charge < -0.3 is 16.2 Å². The Kier molecular flexibility index (Phi) is 5.76. The number of anilines is 1. The molecule has 0 aromatic heterocycles. The predicted octanol–water partition coefficient (Wildman–Crippen LogP) is 1.93. The molecule has 0 bridgehead atoms. The van der Waals surface area contributed by atoms with Crippen LogP contribution in [0.2, 0.25) is 0 Å². The Hall–Kier alpha value is -1.62. The van der Waals surface area contributed by atoms with Crippen LogP contribution in [-0.2, 0) is 0 Å². The van der Waals surface area contributed by atoms with Gasteiger partial charge in [-0.05, 0) is 24.1 Å². The van der Waals surface area contributed by atoms with E-state index in [-0.39, 0.29) is 23.7 Å². The number of carbonyl (C=O) groups is 1. The summed E-state index contributed by atoms with van der Waals surface area (Å²) < 4.78 is 13.5. The Morgan fingerprint density at radius 2 is 2.05 bits per heavy atom. The summed E-state index contributed by atoms with van der Waals surface area (Å²) in [7, 11) is 0. The van der Waals surface area contributed by atoms with Crippen LogP contribution in [0.3, 0.4) is 0 Å². The molecule has 0 aliphatic carbocycles. The summed E-state index contributed by atoms with van der Waals surface area (Å²) in [6, 6.07) is 3.91. The summed E-state index contributed by atoms with van der Waals surface area (Å²) in [5.41, 5.74) is 5.62. The van der Waals surface area contributed by atoms with E-state index in [1.165, 1.54) is 12.1 Å². The lowest BCUT2D eigenvalue weighted by Crippen LogP contribution is -2.36. The first-order valence-corrected chi connectivity index (χ1v) is 6.50. The Morgan fingerprint density at radius 3 is 2.58 bits per heavy atom. The average molecular weight is 268 g/mol. The Bertz CT molecular complexity index is 433. The SMILES string of the molecule is CCC(CC)C(O)CNC(=O)c1ccc(N)cc1F. The largest absolute Gasteiger partial charge is 0.399 e. The van der Waals surface area contributed by atoms with E-state index in [0.717, 1.165) is 18.9 Å². The van der Waals surface area contributed by atoms with Gasteiger partial charge in [0.05, 0.1) is 11.7 Å². The zero-order chi connectivity index (χ0) is 14.4. The van der Waals surface area contributed by atoms with E-state index in [1.807, 2.05) is 13.8 Å². The first-order chi connectivity index (χ1) is 8.99. The smallest absolute Gasteiger partial charge is 0.254 e. The molecule has 0 saturated heterocycles. The number of hydrogen-bond donors (Lipinski definition) is 3. The van der Waals surface area contributed by atoms with Gasteiger partial charge in [-0.2, -0.15) is 0 Å². The second-order valence-electron chi connectivity index (χ2n) is 4.59. The highest BCUT2D eigenvalue weighted by atomic mass is 19.1. The van der Waals surface area contributed by atoms with Crippen molar-refractivity contribution >= 4 is 11.6 Å². The molecule has 5 heteroatoms. The second-order valence-corrected chi connectivity index (χ2v) is 4.59. The molecule has 1 atom stereocenters. The van der Waals surface area contributed by atoms with Crippen LogP contribution in [0.15, 0.2) is 18.2 Å². The molecule has 1 amide bonds. The molecule has 0 heterocycles. The van der Waals surface area contributed by atoms with Crippen LogP contribution < -0.4 is 11.1 Å². The number of carbonyl (C=O) groups excluding carboxylic acids is 1. The summed E-state index contributed by atoms with van der Waals surface area (Å²) in [6.45, 7) is 4.09. The van der Waals surface area contributed by atoms with Crippen LogP contribution in [0.25, 0.3) is 0 Å². The summed E-state index contributed by atoms with van der Waals surface area (Å²) in [6.07, 6.45) is 1.06. The molecule has 1 rings (SSSR count). The molecule has 0 aliphatic heterocycles. The maximum atomic E-state index is 13.5. The first-order valence-electron chi connectivity index (χ1n) is 6.50. The molecule has 0 fully saturated rings. The number of nitrogens with one attached hydrogen (secondary N) is 1. The minimum atomic E-state index is -0.658. The van der Waals surface area contributed by atoms with E-state index >= 15 is 0 Å². The van der Waals surface area contributed by atoms with Crippen molar-refractivity contribution in [1.82, 2.24) is 5.32 Å². The van der Waals surface area contributed by atoms with Crippen molar-refractivity contribution in [3.8, 4) is 0 Å². The van der Waals surface area contributed by atoms with E-state index in [2.05, 4.69) is 5.32 Å². The fourth-order valence-electron chi connectivity index (χ4n) is 2.01. The van der Waals surface area contributed by atoms with E-state index < -0.39 is 17.8 Å². The zero-order valence-electron chi connectivity index (χ0n) is 11.3. The minimum absolute atomic E-state index is 0.0639. The van der Waals surface area contributed by atoms with Crippen molar-refractivity contribution in [2.45, 2.75) is 32.8 Å². The van der Waals surface area contributed by atoms with Gasteiger partial charge in [0, 0.05) is 12.2 Å². The highest BCUT2D eigenvalue weighted by molar-refractivity contribution is 5.94. The summed E-state index contributed by atoms with van der Waals surface area (Å²) >= 11 is 0. The Labute approximate surface area is 112 Å². The number of halogens is 1. The zero-order valence-corrected chi connectivity index (χ0v) is 11.3. The number of aliphatic hydroxyl groups is 1. The number of hydrogen-bond acceptors (Lipinski definition) is 3. The molecule has 0 saturated carbocycles. The third-order valence-electron chi connectivity index (χ3n) is 3.30. The van der Waals surface area contributed by atoms with Gasteiger partial charge in [0.1, 0.15) is 5.82 Å². The van der Waals surface area contributed by atoms with E-state index in [9.17, 15) is 14.3 Å². The molecule has 0 spiro atoms. The third-order valence-corrected chi connectivity index (χ3v) is 3.30. The van der Waals surface area contributed by atoms with Gasteiger partial charge >= 0.3 is 0 Å². The highest BCUT2D eigenvalue weighted by Crippen LogP contribution is 2.14. The fourth-order valence-corrected chi connectivity index (χ4v) is 2.01. The number of amides is 1. The molecule has 4 nitrogen and oxygen atoms in total. The van der Waals surface area contributed by atoms with E-state index in [4.69, 9.17) is 5.73 Å². The fraction of sp³-hybridized carbons (Fsp3) is 0.500. The molecule has 1 unspecified atom stereocenters. The second kappa shape index (κ2) is 7.09. The average Bonchev–Trinajstić information content (AvgIpc) is 2.37. The van der Waals surface area contributed by atoms with Crippen LogP contribution in [0.1, 0.15) is 37.0 Å². The van der Waals surface area contributed by atoms with Gasteiger partial charge in [0.25, 0.3) is 5.91 Å². The summed E-state index contributed by atoms with van der Waals surface area (Å²) in [5.74, 6) is -1.06. The van der Waals surface area contributed by atoms with Crippen molar-refractivity contribution < 1.29 is 14.3 Å². The number of rotatable bonds is 6. The lowest BCUT2D eigenvalue weighted by Gasteiger charge is -2.20. The molecule has 1 aromatic carbocycles. The summed E-state index contributed by atoms with van der Waals surface area (Å²) in [5, 5.41) is 12.4. The van der Waals surface area contributed by atoms with Crippen LogP contribution in [0.4, 0.5) is 10.1 Å². The Balaban J connectivity index is 2.60. The van der Waals surface area contributed by atoms with Gasteiger partial charge in [-0.25, -0.2) is 4.39 Å². The monoisotopic (exact) mass is 268 g/mol. The van der Waals surface area contributed by atoms with Crippen LogP contribution in [-0.4, -0.2) is 23.7 Å². The maximum Gasteiger partial charge on any atom is 0.254 e. The summed E-state index contributed by atoms with van der Waals surface area (Å²) in [4.78, 5) is 11.8. The van der Waals surface area contributed by atoms with Gasteiger partial charge in [-0.1, -0.05) is 26.7 Å². The van der Waals surface area contributed by atoms with Crippen LogP contribution in [0.5, 0.6) is 0 Å². The van der Waals surface area contributed by atoms with Crippen LogP contribution in [0, 0.1) is 11.7 Å². The number of benzene rings is 1. The van der Waals surface area contributed by atoms with Gasteiger partial charge in [-0.3, -0.25) is 4.79 Å². The van der Waals surface area contributed by atoms with Crippen molar-refractivity contribution in [3.05, 3.63) is 29.6 Å². The highest BCUT2D eigenvalue weighted by Gasteiger charge is 2.18. The maximum absolute atomic E-state index is 13.5. The molecule has 0 aliphatic rings. The normalized spacial score (nSPS) is 12.5. The number of nitrogen functional groups attached to an aromatic ring is 1. The van der Waals surface area contributed by atoms with Crippen molar-refractivity contribution in [2.24, 2.45) is 5.92 Å². The predicted molar refractivity (Wildman–Crippen MR) is 73.2 cm³/mol. The Morgan fingerprint density at radius 1 is 1.42 bits per heavy atom. The molecule has 19 heavy (non-hydrogen) atoms. The van der Waals surface area contributed by atoms with Crippen LogP contribution >= 0.6 is 0 Å². The standard InChI is InChI=1S/C14H21FN2O2/c1-3-9(4-2)13(18)8-17-14(19)11-6-5-10(16)7-12(11)15/h5-7,9,13,18H,3-4,8,16H2,1-2H3,(H,17,19). The number of aliphatic hydroxyl groups excluding tert-OH is 1. The lowest BCUT2D eigenvalue weighted by molar-refractivity contribution is 0.0813. The van der Waals surface area contributed by atoms with Crippen molar-refractivity contribution in [3.63, 3.8) is 0 Å². The van der Waals surface area contributed by atoms with E-state index in [0.29, 0.717) is 0 Å². The van der Waals surface area contributed by atoms with Crippen molar-refractivity contribution in [1.29, 1.82) is 0 Å². The molecule has 4 N–H and O–H groups in total. The van der Waals surface area contributed by atoms with Gasteiger partial charge in [0.15, 0.2) is 0 Å². The molecule has 106 valence electrons. The van der Waals surface area contributed by atoms with Crippen molar-refractivity contribution in [2.75, 3.05) is 12.3 Å². The third kappa shape index (κ3) is 4.21. The van der Waals surface area contributed by atoms with E-state index in [1.54, 1.807) is 0 Å². The number of nitrogens with two attached hydrogens (primary N) is 1. The molecular weight excluding hydrogens is 247 g/mol. The minimum Gasteiger partial charge on any atom is -0.399 e. The van der Waals surface area contributed by atoms with Gasteiger partial charge in [0.2, 0.25) is 0 Å². The quantitative estimate of drug-likeness (QED) is 0.690. The lowest BCUT2D eigenvalue weighted by atomic mass is 9.96. The topological polar surface area (TPSA) is 75.3 Å². The van der Waals surface area contributed by atoms with Gasteiger partial charge in [-0.15, -0.1) is 0 Å².